The van der Waals surface area contributed by atoms with E-state index in [9.17, 15) is 87.8 Å². The summed E-state index contributed by atoms with van der Waals surface area (Å²) in [5.41, 5.74) is -6.55. The minimum absolute atomic E-state index is 0. The van der Waals surface area contributed by atoms with E-state index in [-0.39, 0.29) is 20.1 Å². The van der Waals surface area contributed by atoms with E-state index >= 15 is 0 Å². The zero-order valence-corrected chi connectivity index (χ0v) is 93.5. The van der Waals surface area contributed by atoms with Gasteiger partial charge in [-0.05, 0) is 13.3 Å². The predicted molar refractivity (Wildman–Crippen MR) is 144 cm³/mol. The molecule has 0 amide bonds. The zero-order chi connectivity index (χ0) is 46.3. The Bertz CT molecular complexity index is 1190. The van der Waals surface area contributed by atoms with Crippen LogP contribution in [0.2, 0.25) is 0 Å². The monoisotopic (exact) mass is 3300 g/mol. The van der Waals surface area contributed by atoms with E-state index < -0.39 is 117 Å². The summed E-state index contributed by atoms with van der Waals surface area (Å²) in [6.07, 6.45) is -41.5. The molecule has 0 aromatic rings. The maximum absolute atomic E-state index is 14.1. The van der Waals surface area contributed by atoms with Gasteiger partial charge in [-0.1, -0.05) is 20.8 Å². The molecule has 4 N–H and O–H groups in total. The van der Waals surface area contributed by atoms with Gasteiger partial charge in [0.2, 0.25) is 25.2 Å². The van der Waals surface area contributed by atoms with Gasteiger partial charge in [0.05, 0.1) is 6.79 Å². The third-order valence-corrected chi connectivity index (χ3v) is 6.45. The van der Waals surface area contributed by atoms with Crippen LogP contribution >= 0.6 is 0 Å². The van der Waals surface area contributed by atoms with Crippen molar-refractivity contribution in [3.8, 4) is 0 Å². The van der Waals surface area contributed by atoms with Crippen molar-refractivity contribution in [2.45, 2.75) is 146 Å². The summed E-state index contributed by atoms with van der Waals surface area (Å²) < 4.78 is 282. The molecular weight excluding hydrogens is 3270 g/mol. The van der Waals surface area contributed by atoms with Gasteiger partial charge in [-0.2, -0.15) is 35.1 Å². The van der Waals surface area contributed by atoms with E-state index in [2.05, 4.69) is 28.4 Å². The second-order valence-electron chi connectivity index (χ2n) is 11.6. The number of hydrogen-bond acceptors (Lipinski definition) is 10. The van der Waals surface area contributed by atoms with Crippen LogP contribution in [0.4, 0.5) is 87.8 Å². The summed E-state index contributed by atoms with van der Waals surface area (Å²) in [5, 5.41) is 31.2. The topological polar surface area (TPSA) is 136 Å². The molecule has 2 aliphatic rings. The smallest absolute Gasteiger partial charge is 0.389 e. The fourth-order valence-electron chi connectivity index (χ4n) is 3.14. The molecule has 10 nitrogen and oxygen atoms in total. The van der Waals surface area contributed by atoms with Crippen LogP contribution in [-0.4, -0.2) is 112 Å². The van der Waals surface area contributed by atoms with E-state index in [1.54, 1.807) is 0 Å². The number of aliphatic hydroxyl groups is 4. The van der Waals surface area contributed by atoms with E-state index in [0.717, 1.165) is 0 Å². The molecule has 39 heteroatoms. The molecule has 1 spiro atoms. The third kappa shape index (κ3) is 18.6. The van der Waals surface area contributed by atoms with Crippen molar-refractivity contribution in [3.05, 3.63) is 13.2 Å². The molecule has 66 heavy (non-hydrogen) atoms. The number of aliphatic hydroxyl groups excluding tert-OH is 2. The Hall–Kier alpha value is -10.8. The zero-order valence-electron chi connectivity index (χ0n) is 36.0. The van der Waals surface area contributed by atoms with Crippen molar-refractivity contribution >= 4 is 0 Å². The molecule has 2 heterocycles. The minimum atomic E-state index is -6.55. The fraction of sp³-hybridized carbons (Fsp3) is 0.926. The maximum Gasteiger partial charge on any atom is 0.389 e. The average Bonchev–Trinajstić information content (AvgIpc) is 2.97. The average molecular weight is 3300 g/mol. The van der Waals surface area contributed by atoms with Gasteiger partial charge in [0.25, 0.3) is 23.7 Å². The van der Waals surface area contributed by atoms with Gasteiger partial charge >= 0.3 is 29.8 Å². The fourth-order valence-corrected chi connectivity index (χ4v) is 3.14. The minimum Gasteiger partial charge on any atom is -0.528 e. The van der Waals surface area contributed by atoms with Crippen molar-refractivity contribution in [2.24, 2.45) is 5.41 Å². The Kier molecular flexibility index (Phi) is 30.8. The molecule has 0 radical (unpaired) electrons. The summed E-state index contributed by atoms with van der Waals surface area (Å²) in [6.45, 7) is 3.58. The van der Waals surface area contributed by atoms with Crippen LogP contribution in [-0.2, 0) is 28.4 Å². The van der Waals surface area contributed by atoms with Crippen LogP contribution in [0.3, 0.4) is 0 Å². The number of alkyl halides is 20. The summed E-state index contributed by atoms with van der Waals surface area (Å²) >= 11 is 0. The van der Waals surface area contributed by atoms with Crippen LogP contribution < -0.4 is 0 Å². The first-order chi connectivity index (χ1) is 24.9. The molecular formula is C27H36F20O10Rf9-2. The SMILES string of the molecule is CC(F)(F)C(O)O.CCC(F)(F)C(O)O.CCC(F)(F)C1OC(F)(F)C2(C(F)(F)OC(C(C)(F)F)OC2(F)F)C(F)(F)O1.CCC(F)(F)[CH-]OCO[CH-]C(C)(F)F.[Rf].[Rf].[Rf].[Rf].[Rf].[Rf].[Rf].[Rf].[Rf]. The second kappa shape index (κ2) is 24.5. The number of halogens is 20. The molecule has 2 fully saturated rings. The van der Waals surface area contributed by atoms with E-state index in [0.29, 0.717) is 20.8 Å². The van der Waals surface area contributed by atoms with Gasteiger partial charge in [-0.25, -0.2) is 52.7 Å². The largest absolute Gasteiger partial charge is 0.528 e. The van der Waals surface area contributed by atoms with Gasteiger partial charge in [0.15, 0.2) is 11.8 Å². The second-order valence-corrected chi connectivity index (χ2v) is 11.6. The Labute approximate surface area is 308 Å². The maximum atomic E-state index is 14.1. The Balaban J connectivity index is -0.0000000755. The van der Waals surface area contributed by atoms with Gasteiger partial charge < -0.3 is 29.9 Å². The quantitative estimate of drug-likeness (QED) is 0.0621. The summed E-state index contributed by atoms with van der Waals surface area (Å²) in [4.78, 5) is 0. The Morgan fingerprint density at radius 2 is 0.773 bits per heavy atom. The molecule has 0 aromatic carbocycles. The van der Waals surface area contributed by atoms with Crippen molar-refractivity contribution in [1.82, 2.24) is 0 Å². The van der Waals surface area contributed by atoms with E-state index in [1.807, 2.05) is 0 Å². The molecule has 364 valence electrons. The molecule has 2 aliphatic heterocycles. The van der Waals surface area contributed by atoms with Crippen LogP contribution in [0, 0.1) is 18.6 Å². The van der Waals surface area contributed by atoms with E-state index in [1.165, 1.54) is 13.8 Å². The molecule has 0 bridgehead atoms. The molecule has 0 aliphatic carbocycles. The normalized spacial score (nSPS) is 21.5. The molecule has 0 saturated carbocycles. The van der Waals surface area contributed by atoms with Gasteiger partial charge in [-0.3, -0.25) is 18.9 Å². The van der Waals surface area contributed by atoms with Crippen LogP contribution in [0.25, 0.3) is 0 Å². The first-order valence-corrected chi connectivity index (χ1v) is 15.0. The molecule has 0 atom stereocenters. The summed E-state index contributed by atoms with van der Waals surface area (Å²) in [7, 11) is 0. The predicted octanol–water partition coefficient (Wildman–Crippen LogP) is 8.09. The van der Waals surface area contributed by atoms with Crippen molar-refractivity contribution in [3.63, 3.8) is 0 Å². The molecule has 2 saturated heterocycles. The number of hydrogen-bond donors (Lipinski definition) is 4. The summed E-state index contributed by atoms with van der Waals surface area (Å²) in [6, 6.07) is 0. The van der Waals surface area contributed by atoms with Gasteiger partial charge in [0.1, 0.15) is 0 Å². The molecule has 0 unspecified atom stereocenters. The Morgan fingerprint density at radius 3 is 0.970 bits per heavy atom. The third-order valence-electron chi connectivity index (χ3n) is 6.45. The number of ether oxygens (including phenoxy) is 6. The Morgan fingerprint density at radius 1 is 0.485 bits per heavy atom. The van der Waals surface area contributed by atoms with Crippen molar-refractivity contribution in [2.75, 3.05) is 6.79 Å². The van der Waals surface area contributed by atoms with Crippen LogP contribution in [0.15, 0.2) is 0 Å². The summed E-state index contributed by atoms with van der Waals surface area (Å²) in [5.74, 6) is -22.3. The van der Waals surface area contributed by atoms with Crippen LogP contribution in [0.1, 0.15) is 60.8 Å². The van der Waals surface area contributed by atoms with Gasteiger partial charge in [-0.15, -0.1) is 13.2 Å². The molecule has 2 rings (SSSR count). The first-order valence-electron chi connectivity index (χ1n) is 15.0. The van der Waals surface area contributed by atoms with Crippen molar-refractivity contribution < 1.29 is 137 Å². The molecule has 0 aromatic heterocycles. The van der Waals surface area contributed by atoms with E-state index in [4.69, 9.17) is 20.4 Å². The van der Waals surface area contributed by atoms with Crippen LogP contribution in [0.5, 0.6) is 0 Å². The standard InChI is InChI=1S/C12H10F12O4.C8H12F4O2.C4H8F2O2.C3H6F2O2.9Rf/c1-3-7(15,16)5-27-11(21,22)8(12(23,24)28-5)9(17,18)25-4(6(2,13)14)26-10(8,19)20;1-3-8(11,12)5-14-6-13-4-7(2,9)10;1-2-4(5,6)3(7)8;1-3(4,5)2(6)7;;;;;;;;;/h4-5H,3H2,1-2H3;4-5H,3,6H2,1-2H3;3,7-8H,2H2,1H3;2,6-7H,1H3;;;;;;;;;/q;-2;;;;;;;;;;;. The first kappa shape index (κ1) is 83.0. The number of rotatable bonds is 13. The van der Waals surface area contributed by atoms with Gasteiger partial charge in [0, 0.05) is 26.7 Å². The van der Waals surface area contributed by atoms with Crippen molar-refractivity contribution in [1.29, 1.82) is 0 Å².